The Labute approximate surface area is 121 Å². The highest BCUT2D eigenvalue weighted by Gasteiger charge is 2.40. The molecule has 1 aromatic carbocycles. The normalized spacial score (nSPS) is 33.7. The Bertz CT molecular complexity index is 448. The van der Waals surface area contributed by atoms with Gasteiger partial charge in [0.25, 0.3) is 0 Å². The number of ether oxygens (including phenoxy) is 2. The third-order valence-electron chi connectivity index (χ3n) is 3.90. The van der Waals surface area contributed by atoms with Gasteiger partial charge in [0, 0.05) is 4.83 Å². The van der Waals surface area contributed by atoms with Crippen molar-refractivity contribution in [3.63, 3.8) is 0 Å². The van der Waals surface area contributed by atoms with Crippen molar-refractivity contribution in [3.8, 4) is 0 Å². The molecule has 4 atom stereocenters. The number of carbonyl (C=O) groups is 1. The lowest BCUT2D eigenvalue weighted by Gasteiger charge is -2.42. The zero-order valence-electron chi connectivity index (χ0n) is 10.6. The molecule has 19 heavy (non-hydrogen) atoms. The van der Waals surface area contributed by atoms with Crippen molar-refractivity contribution >= 4 is 21.9 Å². The van der Waals surface area contributed by atoms with E-state index in [-0.39, 0.29) is 24.3 Å². The number of carbonyl (C=O) groups excluding carboxylic acids is 1. The molecule has 2 aliphatic rings. The van der Waals surface area contributed by atoms with E-state index in [0.29, 0.717) is 10.4 Å². The van der Waals surface area contributed by atoms with E-state index in [4.69, 9.17) is 9.47 Å². The first kappa shape index (κ1) is 13.1. The van der Waals surface area contributed by atoms with Gasteiger partial charge in [0.05, 0.1) is 17.8 Å². The van der Waals surface area contributed by atoms with Gasteiger partial charge in [0.1, 0.15) is 6.10 Å². The van der Waals surface area contributed by atoms with E-state index in [1.807, 2.05) is 18.2 Å². The molecule has 0 saturated carbocycles. The van der Waals surface area contributed by atoms with Crippen LogP contribution in [0.2, 0.25) is 0 Å². The predicted molar refractivity (Wildman–Crippen MR) is 75.5 cm³/mol. The fraction of sp³-hybridized carbons (Fsp3) is 0.533. The molecule has 2 aliphatic heterocycles. The third-order valence-corrected chi connectivity index (χ3v) is 4.95. The highest BCUT2D eigenvalue weighted by atomic mass is 79.9. The van der Waals surface area contributed by atoms with E-state index in [0.717, 1.165) is 25.7 Å². The average Bonchev–Trinajstić information content (AvgIpc) is 2.46. The number of fused-ring (bicyclic) bond motifs is 2. The van der Waals surface area contributed by atoms with Gasteiger partial charge in [0.15, 0.2) is 0 Å². The van der Waals surface area contributed by atoms with Crippen molar-refractivity contribution in [1.82, 2.24) is 0 Å². The smallest absolute Gasteiger partial charge is 0.338 e. The molecular formula is C15H17BrO3. The lowest BCUT2D eigenvalue weighted by molar-refractivity contribution is -0.141. The standard InChI is InChI=1S/C15H17BrO3/c16-11-6-7-13-14(9-8-12(11)18-13)19-15(17)10-4-2-1-3-5-10/h1-5,11-14H,6-9H2/t11-,12-,13-,14-/m1/s1. The summed E-state index contributed by atoms with van der Waals surface area (Å²) in [6, 6.07) is 9.15. The number of alkyl halides is 1. The first-order valence-corrected chi connectivity index (χ1v) is 7.71. The summed E-state index contributed by atoms with van der Waals surface area (Å²) < 4.78 is 11.6. The van der Waals surface area contributed by atoms with Crippen LogP contribution in [0.1, 0.15) is 36.0 Å². The predicted octanol–water partition coefficient (Wildman–Crippen LogP) is 3.32. The number of halogens is 1. The average molecular weight is 325 g/mol. The van der Waals surface area contributed by atoms with Gasteiger partial charge < -0.3 is 9.47 Å². The Balaban J connectivity index is 1.63. The fourth-order valence-corrected chi connectivity index (χ4v) is 3.49. The van der Waals surface area contributed by atoms with Crippen LogP contribution in [-0.4, -0.2) is 29.1 Å². The van der Waals surface area contributed by atoms with Gasteiger partial charge in [-0.05, 0) is 37.8 Å². The summed E-state index contributed by atoms with van der Waals surface area (Å²) in [5, 5.41) is 0. The Morgan fingerprint density at radius 3 is 2.63 bits per heavy atom. The zero-order chi connectivity index (χ0) is 13.2. The van der Waals surface area contributed by atoms with Crippen LogP contribution in [0.4, 0.5) is 0 Å². The summed E-state index contributed by atoms with van der Waals surface area (Å²) in [7, 11) is 0. The van der Waals surface area contributed by atoms with E-state index in [1.54, 1.807) is 12.1 Å². The maximum absolute atomic E-state index is 12.1. The zero-order valence-corrected chi connectivity index (χ0v) is 12.2. The van der Waals surface area contributed by atoms with Crippen LogP contribution in [-0.2, 0) is 9.47 Å². The Kier molecular flexibility index (Phi) is 3.89. The van der Waals surface area contributed by atoms with Crippen LogP contribution >= 0.6 is 15.9 Å². The summed E-state index contributed by atoms with van der Waals surface area (Å²) in [4.78, 5) is 12.5. The third kappa shape index (κ3) is 2.84. The van der Waals surface area contributed by atoms with Crippen LogP contribution in [0.3, 0.4) is 0 Å². The maximum Gasteiger partial charge on any atom is 0.338 e. The molecule has 3 nitrogen and oxygen atoms in total. The van der Waals surface area contributed by atoms with E-state index in [9.17, 15) is 4.79 Å². The Hall–Kier alpha value is -0.870. The lowest BCUT2D eigenvalue weighted by atomic mass is 9.89. The number of hydrogen-bond donors (Lipinski definition) is 0. The van der Waals surface area contributed by atoms with Gasteiger partial charge in [-0.15, -0.1) is 0 Å². The molecule has 2 heterocycles. The van der Waals surface area contributed by atoms with Crippen molar-refractivity contribution in [3.05, 3.63) is 35.9 Å². The summed E-state index contributed by atoms with van der Waals surface area (Å²) in [6.07, 6.45) is 4.16. The molecule has 0 spiro atoms. The van der Waals surface area contributed by atoms with Crippen molar-refractivity contribution in [2.45, 2.75) is 48.8 Å². The fourth-order valence-electron chi connectivity index (χ4n) is 2.84. The minimum absolute atomic E-state index is 0.0696. The van der Waals surface area contributed by atoms with Gasteiger partial charge in [0.2, 0.25) is 0 Å². The molecule has 2 bridgehead atoms. The maximum atomic E-state index is 12.1. The summed E-state index contributed by atoms with van der Waals surface area (Å²) in [6.45, 7) is 0. The first-order valence-electron chi connectivity index (χ1n) is 6.79. The van der Waals surface area contributed by atoms with Crippen LogP contribution in [0.25, 0.3) is 0 Å². The SMILES string of the molecule is O=C(O[C@@H]1CC[C@H]2O[C@@H]1CC[C@H]2Br)c1ccccc1. The van der Waals surface area contributed by atoms with Gasteiger partial charge >= 0.3 is 5.97 Å². The molecule has 0 unspecified atom stereocenters. The minimum Gasteiger partial charge on any atom is -0.456 e. The molecular weight excluding hydrogens is 308 g/mol. The number of esters is 1. The molecule has 0 radical (unpaired) electrons. The summed E-state index contributed by atoms with van der Waals surface area (Å²) in [5.41, 5.74) is 0.610. The van der Waals surface area contributed by atoms with Crippen molar-refractivity contribution in [1.29, 1.82) is 0 Å². The second kappa shape index (κ2) is 5.63. The van der Waals surface area contributed by atoms with E-state index < -0.39 is 0 Å². The molecule has 102 valence electrons. The summed E-state index contributed by atoms with van der Waals surface area (Å²) in [5.74, 6) is -0.242. The molecule has 3 rings (SSSR count). The van der Waals surface area contributed by atoms with Crippen molar-refractivity contribution in [2.24, 2.45) is 0 Å². The van der Waals surface area contributed by atoms with Crippen molar-refractivity contribution < 1.29 is 14.3 Å². The minimum atomic E-state index is -0.242. The molecule has 0 aliphatic carbocycles. The quantitative estimate of drug-likeness (QED) is 0.618. The Morgan fingerprint density at radius 2 is 1.84 bits per heavy atom. The molecule has 0 amide bonds. The summed E-state index contributed by atoms with van der Waals surface area (Å²) >= 11 is 3.65. The van der Waals surface area contributed by atoms with Gasteiger partial charge in [-0.1, -0.05) is 34.1 Å². The molecule has 4 heteroatoms. The van der Waals surface area contributed by atoms with Crippen LogP contribution < -0.4 is 0 Å². The van der Waals surface area contributed by atoms with Crippen LogP contribution in [0.5, 0.6) is 0 Å². The highest BCUT2D eigenvalue weighted by Crippen LogP contribution is 2.36. The van der Waals surface area contributed by atoms with Crippen molar-refractivity contribution in [2.75, 3.05) is 0 Å². The number of benzene rings is 1. The van der Waals surface area contributed by atoms with Gasteiger partial charge in [-0.3, -0.25) is 0 Å². The highest BCUT2D eigenvalue weighted by molar-refractivity contribution is 9.09. The second-order valence-corrected chi connectivity index (χ2v) is 6.37. The van der Waals surface area contributed by atoms with E-state index in [1.165, 1.54) is 0 Å². The number of rotatable bonds is 2. The lowest BCUT2D eigenvalue weighted by Crippen LogP contribution is -2.48. The van der Waals surface area contributed by atoms with Crippen LogP contribution in [0.15, 0.2) is 30.3 Å². The molecule has 0 N–H and O–H groups in total. The molecule has 1 aromatic rings. The van der Waals surface area contributed by atoms with Gasteiger partial charge in [-0.2, -0.15) is 0 Å². The second-order valence-electron chi connectivity index (χ2n) is 5.19. The van der Waals surface area contributed by atoms with E-state index >= 15 is 0 Å². The molecule has 2 saturated heterocycles. The molecule has 2 fully saturated rings. The van der Waals surface area contributed by atoms with Gasteiger partial charge in [-0.25, -0.2) is 4.79 Å². The topological polar surface area (TPSA) is 35.5 Å². The largest absolute Gasteiger partial charge is 0.456 e. The number of hydrogen-bond acceptors (Lipinski definition) is 3. The molecule has 0 aromatic heterocycles. The van der Waals surface area contributed by atoms with Crippen LogP contribution in [0, 0.1) is 0 Å². The monoisotopic (exact) mass is 324 g/mol. The Morgan fingerprint density at radius 1 is 1.11 bits per heavy atom. The first-order chi connectivity index (χ1) is 9.24. The van der Waals surface area contributed by atoms with E-state index in [2.05, 4.69) is 15.9 Å².